The molecule has 0 aliphatic carbocycles. The Morgan fingerprint density at radius 2 is 1.61 bits per heavy atom. The number of benzene rings is 2. The van der Waals surface area contributed by atoms with Gasteiger partial charge in [-0.05, 0) is 62.0 Å². The number of amides is 1. The number of aliphatic hydroxyl groups excluding tert-OH is 1. The first-order chi connectivity index (χ1) is 17.3. The lowest BCUT2D eigenvalue weighted by atomic mass is 9.95. The van der Waals surface area contributed by atoms with E-state index >= 15 is 0 Å². The van der Waals surface area contributed by atoms with E-state index in [2.05, 4.69) is 18.7 Å². The van der Waals surface area contributed by atoms with Crippen LogP contribution in [0.4, 0.5) is 0 Å². The maximum absolute atomic E-state index is 13.3. The van der Waals surface area contributed by atoms with Crippen molar-refractivity contribution in [1.29, 1.82) is 0 Å². The van der Waals surface area contributed by atoms with E-state index in [4.69, 9.17) is 25.8 Å². The van der Waals surface area contributed by atoms with Gasteiger partial charge < -0.3 is 29.1 Å². The molecule has 1 fully saturated rings. The molecule has 0 aromatic heterocycles. The Morgan fingerprint density at radius 1 is 0.972 bits per heavy atom. The summed E-state index contributed by atoms with van der Waals surface area (Å²) in [5.74, 6) is -0.305. The van der Waals surface area contributed by atoms with E-state index in [1.807, 2.05) is 0 Å². The average Bonchev–Trinajstić information content (AvgIpc) is 3.15. The standard InChI is InChI=1S/C27H33ClN2O6/c1-6-29(7-2)13-8-14-30-24(17-9-12-21(35-4)22(16-17)36-5)23(26(32)27(30)33)25(31)18-10-11-20(34-3)19(28)15-18/h9-12,15-16,24,31H,6-8,13-14H2,1-5H3/b25-23+/t24-/m1/s1. The third-order valence-electron chi connectivity index (χ3n) is 6.46. The second-order valence-electron chi connectivity index (χ2n) is 8.34. The highest BCUT2D eigenvalue weighted by molar-refractivity contribution is 6.46. The summed E-state index contributed by atoms with van der Waals surface area (Å²) in [7, 11) is 4.54. The Bertz CT molecular complexity index is 1150. The van der Waals surface area contributed by atoms with Gasteiger partial charge >= 0.3 is 0 Å². The molecule has 8 nitrogen and oxygen atoms in total. The van der Waals surface area contributed by atoms with Crippen LogP contribution in [0.25, 0.3) is 5.76 Å². The SMILES string of the molecule is CCN(CC)CCCN1C(=O)C(=O)/C(=C(/O)c2ccc(OC)c(Cl)c2)[C@H]1c1ccc(OC)c(OC)c1. The fraction of sp³-hybridized carbons (Fsp3) is 0.407. The van der Waals surface area contributed by atoms with Crippen LogP contribution in [0.1, 0.15) is 37.4 Å². The minimum atomic E-state index is -0.803. The molecule has 1 aliphatic heterocycles. The number of methoxy groups -OCH3 is 3. The zero-order valence-electron chi connectivity index (χ0n) is 21.3. The average molecular weight is 517 g/mol. The molecule has 0 unspecified atom stereocenters. The summed E-state index contributed by atoms with van der Waals surface area (Å²) < 4.78 is 16.0. The first-order valence-electron chi connectivity index (χ1n) is 11.9. The number of aliphatic hydroxyl groups is 1. The number of hydrogen-bond acceptors (Lipinski definition) is 7. The van der Waals surface area contributed by atoms with Crippen LogP contribution >= 0.6 is 11.6 Å². The third-order valence-corrected chi connectivity index (χ3v) is 6.75. The number of hydrogen-bond donors (Lipinski definition) is 1. The molecular formula is C27H33ClN2O6. The van der Waals surface area contributed by atoms with Gasteiger partial charge in [0.05, 0.1) is 38.0 Å². The summed E-state index contributed by atoms with van der Waals surface area (Å²) in [6.45, 7) is 7.08. The van der Waals surface area contributed by atoms with Crippen LogP contribution in [0.15, 0.2) is 42.0 Å². The zero-order chi connectivity index (χ0) is 26.4. The van der Waals surface area contributed by atoms with Crippen LogP contribution in [0, 0.1) is 0 Å². The number of halogens is 1. The highest BCUT2D eigenvalue weighted by Crippen LogP contribution is 2.42. The van der Waals surface area contributed by atoms with E-state index in [0.29, 0.717) is 41.3 Å². The molecule has 194 valence electrons. The van der Waals surface area contributed by atoms with Crippen molar-refractivity contribution in [3.8, 4) is 17.2 Å². The number of ketones is 1. The number of nitrogens with zero attached hydrogens (tertiary/aromatic N) is 2. The van der Waals surface area contributed by atoms with Crippen LogP contribution in [-0.2, 0) is 9.59 Å². The third kappa shape index (κ3) is 5.44. The van der Waals surface area contributed by atoms with Crippen LogP contribution in [0.2, 0.25) is 5.02 Å². The van der Waals surface area contributed by atoms with E-state index in [1.54, 1.807) is 30.3 Å². The van der Waals surface area contributed by atoms with Gasteiger partial charge in [0.15, 0.2) is 11.5 Å². The lowest BCUT2D eigenvalue weighted by molar-refractivity contribution is -0.140. The Hall–Kier alpha value is -3.23. The van der Waals surface area contributed by atoms with Crippen molar-refractivity contribution in [2.75, 3.05) is 47.5 Å². The molecule has 0 spiro atoms. The molecule has 0 saturated carbocycles. The molecule has 9 heteroatoms. The summed E-state index contributed by atoms with van der Waals surface area (Å²) in [6.07, 6.45) is 0.674. The van der Waals surface area contributed by atoms with E-state index in [0.717, 1.165) is 19.6 Å². The first kappa shape index (κ1) is 27.4. The second-order valence-corrected chi connectivity index (χ2v) is 8.74. The van der Waals surface area contributed by atoms with Crippen molar-refractivity contribution in [3.05, 3.63) is 58.1 Å². The van der Waals surface area contributed by atoms with E-state index in [-0.39, 0.29) is 16.4 Å². The monoisotopic (exact) mass is 516 g/mol. The second kappa shape index (κ2) is 12.1. The van der Waals surface area contributed by atoms with E-state index < -0.39 is 17.7 Å². The molecule has 2 aromatic carbocycles. The molecule has 1 amide bonds. The predicted octanol–water partition coefficient (Wildman–Crippen LogP) is 4.52. The van der Waals surface area contributed by atoms with Gasteiger partial charge in [0.1, 0.15) is 11.5 Å². The number of carbonyl (C=O) groups is 2. The fourth-order valence-electron chi connectivity index (χ4n) is 4.45. The number of Topliss-reactive ketones (excluding diaryl/α,β-unsaturated/α-hetero) is 1. The van der Waals surface area contributed by atoms with Gasteiger partial charge in [0.2, 0.25) is 0 Å². The Kier molecular flexibility index (Phi) is 9.23. The van der Waals surface area contributed by atoms with Crippen LogP contribution < -0.4 is 14.2 Å². The predicted molar refractivity (Wildman–Crippen MR) is 139 cm³/mol. The smallest absolute Gasteiger partial charge is 0.295 e. The summed E-state index contributed by atoms with van der Waals surface area (Å²) in [4.78, 5) is 30.3. The fourth-order valence-corrected chi connectivity index (χ4v) is 4.71. The van der Waals surface area contributed by atoms with Gasteiger partial charge in [-0.15, -0.1) is 0 Å². The van der Waals surface area contributed by atoms with Crippen molar-refractivity contribution in [2.45, 2.75) is 26.3 Å². The summed E-state index contributed by atoms with van der Waals surface area (Å²) in [5.41, 5.74) is 0.930. The first-order valence-corrected chi connectivity index (χ1v) is 12.3. The van der Waals surface area contributed by atoms with Crippen molar-refractivity contribution in [3.63, 3.8) is 0 Å². The van der Waals surface area contributed by atoms with Crippen LogP contribution in [0.5, 0.6) is 17.2 Å². The van der Waals surface area contributed by atoms with Crippen molar-refractivity contribution in [1.82, 2.24) is 9.80 Å². The van der Waals surface area contributed by atoms with E-state index in [1.165, 1.54) is 32.3 Å². The van der Waals surface area contributed by atoms with Gasteiger partial charge in [-0.25, -0.2) is 0 Å². The Labute approximate surface area is 217 Å². The lowest BCUT2D eigenvalue weighted by Crippen LogP contribution is -2.33. The highest BCUT2D eigenvalue weighted by atomic mass is 35.5. The molecule has 0 radical (unpaired) electrons. The maximum Gasteiger partial charge on any atom is 0.295 e. The van der Waals surface area contributed by atoms with Gasteiger partial charge in [-0.2, -0.15) is 0 Å². The molecule has 3 rings (SSSR count). The topological polar surface area (TPSA) is 88.5 Å². The zero-order valence-corrected chi connectivity index (χ0v) is 22.1. The number of ether oxygens (including phenoxy) is 3. The minimum absolute atomic E-state index is 0.00343. The number of carbonyl (C=O) groups excluding carboxylic acids is 2. The molecular weight excluding hydrogens is 484 g/mol. The summed E-state index contributed by atoms with van der Waals surface area (Å²) in [5, 5.41) is 11.6. The van der Waals surface area contributed by atoms with Crippen LogP contribution in [0.3, 0.4) is 0 Å². The van der Waals surface area contributed by atoms with Crippen LogP contribution in [-0.4, -0.2) is 74.1 Å². The molecule has 0 bridgehead atoms. The molecule has 1 N–H and O–H groups in total. The molecule has 1 atom stereocenters. The summed E-state index contributed by atoms with van der Waals surface area (Å²) >= 11 is 6.27. The van der Waals surface area contributed by atoms with Crippen molar-refractivity contribution < 1.29 is 28.9 Å². The maximum atomic E-state index is 13.3. The minimum Gasteiger partial charge on any atom is -0.507 e. The Balaban J connectivity index is 2.11. The molecule has 2 aromatic rings. The van der Waals surface area contributed by atoms with Crippen molar-refractivity contribution >= 4 is 29.1 Å². The van der Waals surface area contributed by atoms with E-state index in [9.17, 15) is 14.7 Å². The normalized spacial score (nSPS) is 17.1. The summed E-state index contributed by atoms with van der Waals surface area (Å²) in [6, 6.07) is 9.11. The molecule has 36 heavy (non-hydrogen) atoms. The molecule has 1 heterocycles. The largest absolute Gasteiger partial charge is 0.507 e. The molecule has 1 aliphatic rings. The van der Waals surface area contributed by atoms with Crippen molar-refractivity contribution in [2.24, 2.45) is 0 Å². The van der Waals surface area contributed by atoms with Gasteiger partial charge in [0, 0.05) is 12.1 Å². The quantitative estimate of drug-likeness (QED) is 0.267. The Morgan fingerprint density at radius 3 is 2.19 bits per heavy atom. The van der Waals surface area contributed by atoms with Gasteiger partial charge in [-0.3, -0.25) is 9.59 Å². The molecule has 1 saturated heterocycles. The number of likely N-dealkylation sites (tertiary alicyclic amines) is 1. The van der Waals surface area contributed by atoms with Gasteiger partial charge in [0.25, 0.3) is 11.7 Å². The lowest BCUT2D eigenvalue weighted by Gasteiger charge is -2.27. The highest BCUT2D eigenvalue weighted by Gasteiger charge is 2.46. The number of rotatable bonds is 11. The van der Waals surface area contributed by atoms with Gasteiger partial charge in [-0.1, -0.05) is 31.5 Å².